The first kappa shape index (κ1) is 19.0. The van der Waals surface area contributed by atoms with Crippen molar-refractivity contribution in [1.29, 1.82) is 0 Å². The normalized spacial score (nSPS) is 11.1. The van der Waals surface area contributed by atoms with E-state index in [2.05, 4.69) is 5.32 Å². The van der Waals surface area contributed by atoms with Crippen LogP contribution in [0.25, 0.3) is 0 Å². The number of carbonyl (C=O) groups is 2. The number of Topliss-reactive ketones (excluding diaryl/α,β-unsaturated/α-hetero) is 1. The predicted octanol–water partition coefficient (Wildman–Crippen LogP) is 4.89. The van der Waals surface area contributed by atoms with Crippen molar-refractivity contribution in [2.45, 2.75) is 27.7 Å². The van der Waals surface area contributed by atoms with Gasteiger partial charge in [-0.15, -0.1) is 0 Å². The Labute approximate surface area is 153 Å². The van der Waals surface area contributed by atoms with Gasteiger partial charge in [-0.3, -0.25) is 9.59 Å². The number of halogens is 1. The molecule has 0 unspecified atom stereocenters. The van der Waals surface area contributed by atoms with Gasteiger partial charge in [-0.2, -0.15) is 0 Å². The van der Waals surface area contributed by atoms with E-state index in [1.807, 2.05) is 33.8 Å². The lowest BCUT2D eigenvalue weighted by Crippen LogP contribution is -2.27. The van der Waals surface area contributed by atoms with E-state index in [-0.39, 0.29) is 18.3 Å². The fourth-order valence-corrected chi connectivity index (χ4v) is 2.18. The van der Waals surface area contributed by atoms with E-state index < -0.39 is 5.41 Å². The fraction of sp³-hybridized carbons (Fsp3) is 0.300. The van der Waals surface area contributed by atoms with Crippen LogP contribution in [-0.2, 0) is 4.79 Å². The first-order valence-electron chi connectivity index (χ1n) is 8.00. The maximum atomic E-state index is 12.3. The summed E-state index contributed by atoms with van der Waals surface area (Å²) in [6.07, 6.45) is 0. The van der Waals surface area contributed by atoms with E-state index in [9.17, 15) is 9.59 Å². The lowest BCUT2D eigenvalue weighted by atomic mass is 9.95. The Morgan fingerprint density at radius 1 is 1.08 bits per heavy atom. The summed E-state index contributed by atoms with van der Waals surface area (Å²) in [6, 6.07) is 12.2. The average Bonchev–Trinajstić information content (AvgIpc) is 2.55. The molecule has 0 aliphatic rings. The van der Waals surface area contributed by atoms with Crippen molar-refractivity contribution in [3.63, 3.8) is 0 Å². The van der Waals surface area contributed by atoms with E-state index in [0.717, 1.165) is 5.56 Å². The molecule has 0 heterocycles. The number of rotatable bonds is 5. The largest absolute Gasteiger partial charge is 0.484 e. The monoisotopic (exact) mass is 359 g/mol. The van der Waals surface area contributed by atoms with Crippen LogP contribution >= 0.6 is 11.6 Å². The topological polar surface area (TPSA) is 55.4 Å². The molecule has 0 aliphatic carbocycles. The van der Waals surface area contributed by atoms with Gasteiger partial charge in [0, 0.05) is 16.7 Å². The summed E-state index contributed by atoms with van der Waals surface area (Å²) in [7, 11) is 0. The van der Waals surface area contributed by atoms with Gasteiger partial charge in [0.2, 0.25) is 5.91 Å². The van der Waals surface area contributed by atoms with Crippen LogP contribution in [0.3, 0.4) is 0 Å². The molecule has 0 aliphatic heterocycles. The maximum Gasteiger partial charge on any atom is 0.229 e. The van der Waals surface area contributed by atoms with Crippen molar-refractivity contribution in [2.75, 3.05) is 11.9 Å². The van der Waals surface area contributed by atoms with Crippen LogP contribution in [0, 0.1) is 12.3 Å². The second-order valence-corrected chi connectivity index (χ2v) is 7.33. The Morgan fingerprint density at radius 3 is 2.32 bits per heavy atom. The van der Waals surface area contributed by atoms with Gasteiger partial charge < -0.3 is 10.1 Å². The van der Waals surface area contributed by atoms with Gasteiger partial charge in [-0.25, -0.2) is 0 Å². The third-order valence-electron chi connectivity index (χ3n) is 3.59. The van der Waals surface area contributed by atoms with Crippen LogP contribution in [0.15, 0.2) is 42.5 Å². The van der Waals surface area contributed by atoms with E-state index in [1.54, 1.807) is 36.4 Å². The second-order valence-electron chi connectivity index (χ2n) is 6.93. The Morgan fingerprint density at radius 2 is 1.72 bits per heavy atom. The summed E-state index contributed by atoms with van der Waals surface area (Å²) in [5, 5.41) is 3.29. The van der Waals surface area contributed by atoms with E-state index >= 15 is 0 Å². The van der Waals surface area contributed by atoms with Gasteiger partial charge in [0.25, 0.3) is 0 Å². The summed E-state index contributed by atoms with van der Waals surface area (Å²) in [5.74, 6) is 0.249. The quantitative estimate of drug-likeness (QED) is 0.773. The first-order valence-corrected chi connectivity index (χ1v) is 8.38. The van der Waals surface area contributed by atoms with Gasteiger partial charge >= 0.3 is 0 Å². The molecule has 1 amide bonds. The molecule has 2 aromatic carbocycles. The molecule has 132 valence electrons. The lowest BCUT2D eigenvalue weighted by molar-refractivity contribution is -0.123. The molecule has 0 spiro atoms. The highest BCUT2D eigenvalue weighted by Gasteiger charge is 2.21. The Hall–Kier alpha value is -2.33. The molecular formula is C20H22ClNO3. The van der Waals surface area contributed by atoms with Crippen LogP contribution in [0.5, 0.6) is 5.75 Å². The predicted molar refractivity (Wildman–Crippen MR) is 101 cm³/mol. The van der Waals surface area contributed by atoms with Crippen LogP contribution in [0.1, 0.15) is 36.7 Å². The number of ether oxygens (including phenoxy) is 1. The molecule has 4 nitrogen and oxygen atoms in total. The molecule has 0 atom stereocenters. The zero-order chi connectivity index (χ0) is 18.6. The molecule has 5 heteroatoms. The third-order valence-corrected chi connectivity index (χ3v) is 3.90. The molecule has 0 radical (unpaired) electrons. The Bertz CT molecular complexity index is 777. The molecule has 25 heavy (non-hydrogen) atoms. The summed E-state index contributed by atoms with van der Waals surface area (Å²) in [5.41, 5.74) is 1.69. The molecule has 1 N–H and O–H groups in total. The summed E-state index contributed by atoms with van der Waals surface area (Å²) < 4.78 is 5.52. The van der Waals surface area contributed by atoms with Crippen LogP contribution < -0.4 is 10.1 Å². The number of carbonyl (C=O) groups excluding carboxylic acids is 2. The third kappa shape index (κ3) is 5.33. The minimum Gasteiger partial charge on any atom is -0.484 e. The van der Waals surface area contributed by atoms with Gasteiger partial charge in [-0.1, -0.05) is 38.4 Å². The van der Waals surface area contributed by atoms with Gasteiger partial charge in [0.1, 0.15) is 5.75 Å². The number of benzene rings is 2. The molecule has 0 saturated carbocycles. The van der Waals surface area contributed by atoms with Crippen molar-refractivity contribution in [2.24, 2.45) is 5.41 Å². The summed E-state index contributed by atoms with van der Waals surface area (Å²) >= 11 is 6.06. The zero-order valence-electron chi connectivity index (χ0n) is 14.9. The molecular weight excluding hydrogens is 338 g/mol. The number of anilines is 1. The SMILES string of the molecule is Cc1ccc(Cl)c(OCC(=O)c2ccc(NC(=O)C(C)(C)C)cc2)c1. The number of aryl methyl sites for hydroxylation is 1. The van der Waals surface area contributed by atoms with E-state index in [0.29, 0.717) is 22.0 Å². The Balaban J connectivity index is 1.98. The Kier molecular flexibility index (Phi) is 5.85. The van der Waals surface area contributed by atoms with Gasteiger partial charge in [0.05, 0.1) is 5.02 Å². The highest BCUT2D eigenvalue weighted by molar-refractivity contribution is 6.32. The first-order chi connectivity index (χ1) is 11.7. The molecule has 0 aromatic heterocycles. The molecule has 0 fully saturated rings. The van der Waals surface area contributed by atoms with Crippen molar-refractivity contribution in [1.82, 2.24) is 0 Å². The average molecular weight is 360 g/mol. The molecule has 0 bridgehead atoms. The molecule has 0 saturated heterocycles. The van der Waals surface area contributed by atoms with Gasteiger partial charge in [-0.05, 0) is 48.9 Å². The summed E-state index contributed by atoms with van der Waals surface area (Å²) in [6.45, 7) is 7.35. The summed E-state index contributed by atoms with van der Waals surface area (Å²) in [4.78, 5) is 24.2. The second kappa shape index (κ2) is 7.70. The maximum absolute atomic E-state index is 12.3. The molecule has 2 aromatic rings. The van der Waals surface area contributed by atoms with E-state index in [4.69, 9.17) is 16.3 Å². The van der Waals surface area contributed by atoms with Crippen LogP contribution in [-0.4, -0.2) is 18.3 Å². The number of ketones is 1. The standard InChI is InChI=1S/C20H22ClNO3/c1-13-5-10-16(21)18(11-13)25-12-17(23)14-6-8-15(9-7-14)22-19(24)20(2,3)4/h5-11H,12H2,1-4H3,(H,22,24). The smallest absolute Gasteiger partial charge is 0.229 e. The number of amides is 1. The number of nitrogens with one attached hydrogen (secondary N) is 1. The lowest BCUT2D eigenvalue weighted by Gasteiger charge is -2.17. The minimum atomic E-state index is -0.477. The van der Waals surface area contributed by atoms with Crippen LogP contribution in [0.4, 0.5) is 5.69 Å². The van der Waals surface area contributed by atoms with Crippen molar-refractivity contribution < 1.29 is 14.3 Å². The van der Waals surface area contributed by atoms with Crippen molar-refractivity contribution in [3.05, 3.63) is 58.6 Å². The van der Waals surface area contributed by atoms with Gasteiger partial charge in [0.15, 0.2) is 12.4 Å². The van der Waals surface area contributed by atoms with E-state index in [1.165, 1.54) is 0 Å². The molecule has 2 rings (SSSR count). The number of hydrogen-bond donors (Lipinski definition) is 1. The van der Waals surface area contributed by atoms with Crippen molar-refractivity contribution in [3.8, 4) is 5.75 Å². The van der Waals surface area contributed by atoms with Crippen LogP contribution in [0.2, 0.25) is 5.02 Å². The fourth-order valence-electron chi connectivity index (χ4n) is 2.01. The highest BCUT2D eigenvalue weighted by atomic mass is 35.5. The highest BCUT2D eigenvalue weighted by Crippen LogP contribution is 2.25. The van der Waals surface area contributed by atoms with Crippen molar-refractivity contribution >= 4 is 29.0 Å². The zero-order valence-corrected chi connectivity index (χ0v) is 15.6. The number of hydrogen-bond acceptors (Lipinski definition) is 3. The minimum absolute atomic E-state index is 0.0796.